The van der Waals surface area contributed by atoms with Crippen LogP contribution in [-0.4, -0.2) is 47.1 Å². The van der Waals surface area contributed by atoms with Crippen molar-refractivity contribution in [2.45, 2.75) is 13.0 Å². The van der Waals surface area contributed by atoms with Crippen molar-refractivity contribution in [2.75, 3.05) is 20.3 Å². The molecule has 0 fully saturated rings. The van der Waals surface area contributed by atoms with Crippen molar-refractivity contribution in [2.24, 2.45) is 0 Å². The zero-order valence-electron chi connectivity index (χ0n) is 14.9. The van der Waals surface area contributed by atoms with Crippen LogP contribution in [0.3, 0.4) is 0 Å². The number of esters is 1. The van der Waals surface area contributed by atoms with E-state index in [0.717, 1.165) is 16.8 Å². The molecule has 1 aromatic heterocycles. The highest BCUT2D eigenvalue weighted by Gasteiger charge is 2.11. The van der Waals surface area contributed by atoms with Crippen LogP contribution in [0.1, 0.15) is 5.56 Å². The lowest BCUT2D eigenvalue weighted by Gasteiger charge is -2.09. The molecule has 3 aromatic rings. The standard InChI is InChI=1S/C19H20N4O4/c1-26-17-9-5-2-6-14(17)10-11-20-18(24)13-27-19(25)12-23-16-8-4-3-7-15(16)21-22-23/h2-9H,10-13H2,1H3,(H,20,24). The molecule has 27 heavy (non-hydrogen) atoms. The fourth-order valence-corrected chi connectivity index (χ4v) is 2.65. The van der Waals surface area contributed by atoms with Gasteiger partial charge in [0, 0.05) is 6.54 Å². The lowest BCUT2D eigenvalue weighted by atomic mass is 10.1. The Morgan fingerprint density at radius 2 is 1.89 bits per heavy atom. The number of methoxy groups -OCH3 is 1. The van der Waals surface area contributed by atoms with E-state index in [1.54, 1.807) is 13.2 Å². The van der Waals surface area contributed by atoms with Crippen LogP contribution < -0.4 is 10.1 Å². The molecule has 0 saturated carbocycles. The predicted molar refractivity (Wildman–Crippen MR) is 98.2 cm³/mol. The number of hydrogen-bond acceptors (Lipinski definition) is 6. The van der Waals surface area contributed by atoms with E-state index < -0.39 is 5.97 Å². The number of fused-ring (bicyclic) bond motifs is 1. The maximum Gasteiger partial charge on any atom is 0.328 e. The first-order chi connectivity index (χ1) is 13.2. The van der Waals surface area contributed by atoms with Crippen molar-refractivity contribution >= 4 is 22.9 Å². The number of benzene rings is 2. The van der Waals surface area contributed by atoms with Crippen molar-refractivity contribution in [3.63, 3.8) is 0 Å². The van der Waals surface area contributed by atoms with E-state index in [2.05, 4.69) is 15.6 Å². The molecule has 0 spiro atoms. The van der Waals surface area contributed by atoms with Gasteiger partial charge >= 0.3 is 5.97 Å². The number of amides is 1. The fraction of sp³-hybridized carbons (Fsp3) is 0.263. The summed E-state index contributed by atoms with van der Waals surface area (Å²) >= 11 is 0. The summed E-state index contributed by atoms with van der Waals surface area (Å²) in [6.07, 6.45) is 0.620. The molecule has 1 amide bonds. The Hall–Kier alpha value is -3.42. The molecule has 0 aliphatic rings. The average Bonchev–Trinajstić information content (AvgIpc) is 3.10. The number of hydrogen-bond donors (Lipinski definition) is 1. The maximum absolute atomic E-state index is 11.9. The summed E-state index contributed by atoms with van der Waals surface area (Å²) in [7, 11) is 1.61. The number of aromatic nitrogens is 3. The van der Waals surface area contributed by atoms with Crippen LogP contribution in [0, 0.1) is 0 Å². The third kappa shape index (κ3) is 4.81. The number of rotatable bonds is 8. The van der Waals surface area contributed by atoms with E-state index in [0.29, 0.717) is 18.5 Å². The van der Waals surface area contributed by atoms with Gasteiger partial charge in [-0.1, -0.05) is 35.5 Å². The van der Waals surface area contributed by atoms with Gasteiger partial charge in [0.1, 0.15) is 17.8 Å². The number of carbonyl (C=O) groups is 2. The van der Waals surface area contributed by atoms with Gasteiger partial charge in [0.15, 0.2) is 6.61 Å². The molecular weight excluding hydrogens is 348 g/mol. The molecule has 8 heteroatoms. The van der Waals surface area contributed by atoms with Gasteiger partial charge in [-0.05, 0) is 30.2 Å². The Kier molecular flexibility index (Phi) is 5.98. The summed E-state index contributed by atoms with van der Waals surface area (Å²) in [5.74, 6) is -0.134. The van der Waals surface area contributed by atoms with E-state index in [-0.39, 0.29) is 19.1 Å². The van der Waals surface area contributed by atoms with Gasteiger partial charge in [0.25, 0.3) is 5.91 Å². The minimum absolute atomic E-state index is 0.102. The summed E-state index contributed by atoms with van der Waals surface area (Å²) in [6.45, 7) is -0.0170. The van der Waals surface area contributed by atoms with Crippen molar-refractivity contribution in [1.82, 2.24) is 20.3 Å². The molecule has 0 atom stereocenters. The number of nitrogens with one attached hydrogen (secondary N) is 1. The van der Waals surface area contributed by atoms with Crippen molar-refractivity contribution in [1.29, 1.82) is 0 Å². The van der Waals surface area contributed by atoms with Crippen molar-refractivity contribution in [3.8, 4) is 5.75 Å². The van der Waals surface area contributed by atoms with E-state index >= 15 is 0 Å². The van der Waals surface area contributed by atoms with Gasteiger partial charge in [-0.15, -0.1) is 5.10 Å². The van der Waals surface area contributed by atoms with Crippen LogP contribution in [-0.2, 0) is 27.3 Å². The minimum atomic E-state index is -0.550. The molecule has 2 aromatic carbocycles. The second-order valence-electron chi connectivity index (χ2n) is 5.81. The molecule has 8 nitrogen and oxygen atoms in total. The number of nitrogens with zero attached hydrogens (tertiary/aromatic N) is 3. The number of carbonyl (C=O) groups excluding carboxylic acids is 2. The molecule has 1 heterocycles. The molecule has 0 bridgehead atoms. The lowest BCUT2D eigenvalue weighted by molar-refractivity contribution is -0.149. The van der Waals surface area contributed by atoms with Gasteiger partial charge in [-0.3, -0.25) is 9.59 Å². The van der Waals surface area contributed by atoms with Crippen LogP contribution in [0.2, 0.25) is 0 Å². The second-order valence-corrected chi connectivity index (χ2v) is 5.81. The largest absolute Gasteiger partial charge is 0.496 e. The molecule has 0 saturated heterocycles. The smallest absolute Gasteiger partial charge is 0.328 e. The van der Waals surface area contributed by atoms with Crippen LogP contribution in [0.25, 0.3) is 11.0 Å². The van der Waals surface area contributed by atoms with Crippen LogP contribution in [0.5, 0.6) is 5.75 Å². The summed E-state index contributed by atoms with van der Waals surface area (Å²) < 4.78 is 11.7. The van der Waals surface area contributed by atoms with E-state index in [9.17, 15) is 9.59 Å². The normalized spacial score (nSPS) is 10.6. The molecule has 0 aliphatic heterocycles. The van der Waals surface area contributed by atoms with Crippen molar-refractivity contribution < 1.29 is 19.1 Å². The molecule has 1 N–H and O–H groups in total. The van der Waals surface area contributed by atoms with Crippen LogP contribution in [0.15, 0.2) is 48.5 Å². The molecule has 3 rings (SSSR count). The van der Waals surface area contributed by atoms with E-state index in [1.807, 2.05) is 42.5 Å². The van der Waals surface area contributed by atoms with Gasteiger partial charge in [0.05, 0.1) is 12.6 Å². The van der Waals surface area contributed by atoms with Gasteiger partial charge in [-0.25, -0.2) is 4.68 Å². The Bertz CT molecular complexity index is 938. The second kappa shape index (κ2) is 8.79. The summed E-state index contributed by atoms with van der Waals surface area (Å²) in [5, 5.41) is 10.6. The predicted octanol–water partition coefficient (Wildman–Crippen LogP) is 1.34. The molecule has 0 radical (unpaired) electrons. The quantitative estimate of drug-likeness (QED) is 0.603. The van der Waals surface area contributed by atoms with Gasteiger partial charge in [-0.2, -0.15) is 0 Å². The third-order valence-electron chi connectivity index (χ3n) is 3.97. The van der Waals surface area contributed by atoms with E-state index in [1.165, 1.54) is 4.68 Å². The van der Waals surface area contributed by atoms with E-state index in [4.69, 9.17) is 9.47 Å². The third-order valence-corrected chi connectivity index (χ3v) is 3.97. The van der Waals surface area contributed by atoms with Crippen LogP contribution in [0.4, 0.5) is 0 Å². The molecular formula is C19H20N4O4. The minimum Gasteiger partial charge on any atom is -0.496 e. The topological polar surface area (TPSA) is 95.3 Å². The maximum atomic E-state index is 11.9. The number of para-hydroxylation sites is 2. The zero-order valence-corrected chi connectivity index (χ0v) is 14.9. The SMILES string of the molecule is COc1ccccc1CCNC(=O)COC(=O)Cn1nnc2ccccc21. The Morgan fingerprint density at radius 1 is 1.11 bits per heavy atom. The first-order valence-electron chi connectivity index (χ1n) is 8.50. The summed E-state index contributed by atoms with van der Waals surface area (Å²) in [6, 6.07) is 14.9. The highest BCUT2D eigenvalue weighted by atomic mass is 16.5. The Balaban J connectivity index is 1.41. The van der Waals surface area contributed by atoms with Crippen molar-refractivity contribution in [3.05, 3.63) is 54.1 Å². The Labute approximate surface area is 156 Å². The first-order valence-corrected chi connectivity index (χ1v) is 8.50. The van der Waals surface area contributed by atoms with Gasteiger partial charge < -0.3 is 14.8 Å². The lowest BCUT2D eigenvalue weighted by Crippen LogP contribution is -2.31. The number of ether oxygens (including phenoxy) is 2. The van der Waals surface area contributed by atoms with Gasteiger partial charge in [0.2, 0.25) is 0 Å². The highest BCUT2D eigenvalue weighted by Crippen LogP contribution is 2.17. The fourth-order valence-electron chi connectivity index (χ4n) is 2.65. The average molecular weight is 368 g/mol. The Morgan fingerprint density at radius 3 is 2.74 bits per heavy atom. The summed E-state index contributed by atoms with van der Waals surface area (Å²) in [5.41, 5.74) is 2.42. The molecule has 0 aliphatic carbocycles. The molecule has 0 unspecified atom stereocenters. The van der Waals surface area contributed by atoms with Crippen LogP contribution >= 0.6 is 0 Å². The molecule has 140 valence electrons. The zero-order chi connectivity index (χ0) is 19.1. The highest BCUT2D eigenvalue weighted by molar-refractivity contribution is 5.81. The first kappa shape index (κ1) is 18.4. The monoisotopic (exact) mass is 368 g/mol. The summed E-state index contributed by atoms with van der Waals surface area (Å²) in [4.78, 5) is 23.8.